The second-order valence-electron chi connectivity index (χ2n) is 7.07. The molecule has 7 nitrogen and oxygen atoms in total. The van der Waals surface area contributed by atoms with Crippen molar-refractivity contribution in [2.24, 2.45) is 10.7 Å². The first kappa shape index (κ1) is 21.8. The summed E-state index contributed by atoms with van der Waals surface area (Å²) in [5, 5.41) is 1.99. The van der Waals surface area contributed by atoms with Crippen molar-refractivity contribution < 1.29 is 22.4 Å². The molecule has 0 saturated carbocycles. The van der Waals surface area contributed by atoms with Crippen LogP contribution < -0.4 is 11.1 Å². The van der Waals surface area contributed by atoms with Gasteiger partial charge in [-0.05, 0) is 23.8 Å². The van der Waals surface area contributed by atoms with Gasteiger partial charge in [-0.2, -0.15) is 4.39 Å². The molecule has 0 fully saturated rings. The van der Waals surface area contributed by atoms with Gasteiger partial charge in [0.05, 0.1) is 17.3 Å². The molecule has 12 heteroatoms. The van der Waals surface area contributed by atoms with Crippen LogP contribution in [-0.4, -0.2) is 33.0 Å². The normalized spacial score (nSPS) is 17.8. The van der Waals surface area contributed by atoms with Gasteiger partial charge >= 0.3 is 0 Å². The van der Waals surface area contributed by atoms with E-state index in [1.54, 1.807) is 10.8 Å². The van der Waals surface area contributed by atoms with E-state index in [2.05, 4.69) is 20.3 Å². The first-order valence-electron chi connectivity index (χ1n) is 9.23. The largest absolute Gasteiger partial charge is 0.381 e. The van der Waals surface area contributed by atoms with Crippen molar-refractivity contribution in [1.82, 2.24) is 14.5 Å². The molecule has 1 aromatic carbocycles. The van der Waals surface area contributed by atoms with Gasteiger partial charge in [0.25, 0.3) is 12.3 Å². The van der Waals surface area contributed by atoms with Crippen molar-refractivity contribution in [2.75, 3.05) is 12.0 Å². The molecule has 4 rings (SSSR count). The number of carbonyl (C=O) groups is 1. The average Bonchev–Trinajstić information content (AvgIpc) is 3.24. The lowest BCUT2D eigenvalue weighted by Crippen LogP contribution is -2.40. The predicted octanol–water partition coefficient (Wildman–Crippen LogP) is 3.84. The summed E-state index contributed by atoms with van der Waals surface area (Å²) >= 11 is 5.56. The molecule has 32 heavy (non-hydrogen) atoms. The van der Waals surface area contributed by atoms with E-state index in [0.29, 0.717) is 5.82 Å². The summed E-state index contributed by atoms with van der Waals surface area (Å²) in [6.45, 7) is -0.971. The molecule has 1 aliphatic rings. The van der Waals surface area contributed by atoms with Crippen LogP contribution >= 0.6 is 11.6 Å². The Bertz CT molecular complexity index is 1230. The minimum atomic E-state index is -2.95. The maximum Gasteiger partial charge on any atom is 0.274 e. The fraction of sp³-hybridized carbons (Fsp3) is 0.200. The zero-order valence-electron chi connectivity index (χ0n) is 16.2. The lowest BCUT2D eigenvalue weighted by molar-refractivity contribution is 0.102. The number of halogens is 5. The summed E-state index contributed by atoms with van der Waals surface area (Å²) < 4.78 is 56.7. The second-order valence-corrected chi connectivity index (χ2v) is 7.47. The smallest absolute Gasteiger partial charge is 0.274 e. The standard InChI is InChI=1S/C20H15ClF4N6O/c21-12-3-4-13(28-16(12)25)19(32)29-14-7-10(1-2-11(14)15(23)24)20(8-22)9-31-6-5-27-18(31)17(26)30-20/h1-7,15H,8-9H2,(H2,26,30)(H,29,32). The van der Waals surface area contributed by atoms with Gasteiger partial charge in [-0.1, -0.05) is 23.7 Å². The molecule has 1 aliphatic heterocycles. The number of nitrogens with zero attached hydrogens (tertiary/aromatic N) is 4. The van der Waals surface area contributed by atoms with Crippen LogP contribution in [-0.2, 0) is 12.1 Å². The summed E-state index contributed by atoms with van der Waals surface area (Å²) in [6, 6.07) is 5.82. The quantitative estimate of drug-likeness (QED) is 0.441. The number of anilines is 1. The molecule has 3 aromatic rings. The molecule has 166 valence electrons. The zero-order valence-corrected chi connectivity index (χ0v) is 17.0. The van der Waals surface area contributed by atoms with Crippen LogP contribution in [0.2, 0.25) is 5.02 Å². The fourth-order valence-electron chi connectivity index (χ4n) is 3.45. The number of aromatic nitrogens is 3. The van der Waals surface area contributed by atoms with E-state index >= 15 is 0 Å². The van der Waals surface area contributed by atoms with E-state index in [0.717, 1.165) is 18.2 Å². The Morgan fingerprint density at radius 3 is 2.78 bits per heavy atom. The molecule has 3 heterocycles. The molecular formula is C20H15ClF4N6O. The van der Waals surface area contributed by atoms with Crippen LogP contribution in [0.1, 0.15) is 33.9 Å². The number of rotatable bonds is 5. The van der Waals surface area contributed by atoms with Crippen LogP contribution in [0, 0.1) is 5.95 Å². The van der Waals surface area contributed by atoms with Gasteiger partial charge in [-0.15, -0.1) is 0 Å². The maximum absolute atomic E-state index is 14.3. The number of amides is 1. The van der Waals surface area contributed by atoms with Crippen molar-refractivity contribution >= 4 is 29.0 Å². The van der Waals surface area contributed by atoms with Gasteiger partial charge in [0.2, 0.25) is 5.95 Å². The third kappa shape index (κ3) is 3.79. The predicted molar refractivity (Wildman–Crippen MR) is 109 cm³/mol. The van der Waals surface area contributed by atoms with Crippen LogP contribution in [0.15, 0.2) is 47.7 Å². The molecule has 1 unspecified atom stereocenters. The highest BCUT2D eigenvalue weighted by Gasteiger charge is 2.38. The van der Waals surface area contributed by atoms with Gasteiger partial charge in [0.1, 0.15) is 17.9 Å². The van der Waals surface area contributed by atoms with Crippen LogP contribution in [0.5, 0.6) is 0 Å². The molecule has 0 radical (unpaired) electrons. The first-order valence-corrected chi connectivity index (χ1v) is 9.60. The minimum Gasteiger partial charge on any atom is -0.381 e. The molecule has 2 aromatic heterocycles. The number of carbonyl (C=O) groups excluding carboxylic acids is 1. The van der Waals surface area contributed by atoms with Crippen molar-refractivity contribution in [3.63, 3.8) is 0 Å². The number of benzene rings is 1. The Hall–Kier alpha value is -3.47. The molecule has 0 spiro atoms. The lowest BCUT2D eigenvalue weighted by Gasteiger charge is -2.32. The van der Waals surface area contributed by atoms with E-state index < -0.39 is 36.1 Å². The van der Waals surface area contributed by atoms with Gasteiger partial charge < -0.3 is 15.6 Å². The van der Waals surface area contributed by atoms with Crippen LogP contribution in [0.4, 0.5) is 23.2 Å². The van der Waals surface area contributed by atoms with Crippen molar-refractivity contribution in [3.8, 4) is 0 Å². The van der Waals surface area contributed by atoms with E-state index in [1.165, 1.54) is 18.3 Å². The third-order valence-electron chi connectivity index (χ3n) is 5.04. The molecule has 3 N–H and O–H groups in total. The molecular weight excluding hydrogens is 452 g/mol. The number of pyridine rings is 1. The molecule has 1 amide bonds. The van der Waals surface area contributed by atoms with E-state index in [1.807, 2.05) is 0 Å². The Balaban J connectivity index is 1.74. The van der Waals surface area contributed by atoms with Gasteiger partial charge in [-0.3, -0.25) is 4.79 Å². The van der Waals surface area contributed by atoms with Gasteiger partial charge in [0.15, 0.2) is 11.7 Å². The van der Waals surface area contributed by atoms with Crippen molar-refractivity contribution in [2.45, 2.75) is 18.5 Å². The van der Waals surface area contributed by atoms with Gasteiger partial charge in [0, 0.05) is 18.0 Å². The van der Waals surface area contributed by atoms with E-state index in [9.17, 15) is 22.4 Å². The monoisotopic (exact) mass is 466 g/mol. The summed E-state index contributed by atoms with van der Waals surface area (Å²) in [7, 11) is 0. The third-order valence-corrected chi connectivity index (χ3v) is 5.32. The Morgan fingerprint density at radius 1 is 1.31 bits per heavy atom. The highest BCUT2D eigenvalue weighted by atomic mass is 35.5. The molecule has 0 aliphatic carbocycles. The highest BCUT2D eigenvalue weighted by molar-refractivity contribution is 6.30. The number of hydrogen-bond donors (Lipinski definition) is 2. The van der Waals surface area contributed by atoms with E-state index in [-0.39, 0.29) is 34.3 Å². The first-order chi connectivity index (χ1) is 15.2. The number of amidine groups is 1. The summed E-state index contributed by atoms with van der Waals surface area (Å²) in [5.74, 6) is -1.68. The second kappa shape index (κ2) is 8.23. The molecule has 0 saturated heterocycles. The van der Waals surface area contributed by atoms with Crippen LogP contribution in [0.3, 0.4) is 0 Å². The number of alkyl halides is 3. The maximum atomic E-state index is 14.3. The Kier molecular flexibility index (Phi) is 5.59. The zero-order chi connectivity index (χ0) is 23.0. The summed E-state index contributed by atoms with van der Waals surface area (Å²) in [6.07, 6.45) is 0.129. The number of aliphatic imine (C=N–C) groups is 1. The fourth-order valence-corrected chi connectivity index (χ4v) is 3.55. The topological polar surface area (TPSA) is 98.2 Å². The Labute approximate surface area is 183 Å². The molecule has 1 atom stereocenters. The van der Waals surface area contributed by atoms with Gasteiger partial charge in [-0.25, -0.2) is 28.1 Å². The summed E-state index contributed by atoms with van der Waals surface area (Å²) in [4.78, 5) is 24.2. The number of nitrogens with one attached hydrogen (secondary N) is 1. The van der Waals surface area contributed by atoms with Crippen LogP contribution in [0.25, 0.3) is 0 Å². The Morgan fingerprint density at radius 2 is 2.09 bits per heavy atom. The van der Waals surface area contributed by atoms with Crippen molar-refractivity contribution in [1.29, 1.82) is 0 Å². The SMILES string of the molecule is NC1=NC(CF)(c2ccc(C(F)F)c(NC(=O)c3ccc(Cl)c(F)n3)c2)Cn2ccnc21. The number of fused-ring (bicyclic) bond motifs is 1. The number of hydrogen-bond acceptors (Lipinski definition) is 5. The van der Waals surface area contributed by atoms with E-state index in [4.69, 9.17) is 17.3 Å². The number of nitrogens with two attached hydrogens (primary N) is 1. The number of imidazole rings is 1. The lowest BCUT2D eigenvalue weighted by atomic mass is 9.89. The van der Waals surface area contributed by atoms with Crippen molar-refractivity contribution in [3.05, 3.63) is 76.3 Å². The minimum absolute atomic E-state index is 0.0109. The molecule has 0 bridgehead atoms. The average molecular weight is 467 g/mol. The highest BCUT2D eigenvalue weighted by Crippen LogP contribution is 2.37. The summed E-state index contributed by atoms with van der Waals surface area (Å²) in [5.41, 5.74) is 3.45.